The average Bonchev–Trinajstić information content (AvgIpc) is 2.40. The van der Waals surface area contributed by atoms with E-state index in [-0.39, 0.29) is 0 Å². The van der Waals surface area contributed by atoms with Crippen molar-refractivity contribution < 1.29 is 0 Å². The van der Waals surface area contributed by atoms with E-state index in [1.165, 1.54) is 36.3 Å². The molecule has 100 valence electrons. The van der Waals surface area contributed by atoms with Gasteiger partial charge in [0.15, 0.2) is 0 Å². The smallest absolute Gasteiger partial charge is 0.129 e. The summed E-state index contributed by atoms with van der Waals surface area (Å²) >= 11 is 0. The topological polar surface area (TPSA) is 28.2 Å². The highest BCUT2D eigenvalue weighted by atomic mass is 15.2. The molecule has 0 bridgehead atoms. The number of aromatic nitrogens is 1. The summed E-state index contributed by atoms with van der Waals surface area (Å²) in [6, 6.07) is 4.47. The Hall–Kier alpha value is -1.09. The molecular formula is C15H25N3. The maximum absolute atomic E-state index is 4.84. The van der Waals surface area contributed by atoms with Gasteiger partial charge in [-0.3, -0.25) is 0 Å². The molecule has 1 saturated heterocycles. The Morgan fingerprint density at radius 1 is 1.22 bits per heavy atom. The van der Waals surface area contributed by atoms with Crippen LogP contribution in [0.4, 0.5) is 5.82 Å². The zero-order chi connectivity index (χ0) is 13.0. The van der Waals surface area contributed by atoms with E-state index in [0.717, 1.165) is 19.6 Å². The Balaban J connectivity index is 2.26. The molecule has 0 atom stereocenters. The summed E-state index contributed by atoms with van der Waals surface area (Å²) in [4.78, 5) is 7.28. The summed E-state index contributed by atoms with van der Waals surface area (Å²) in [6.07, 6.45) is 3.97. The quantitative estimate of drug-likeness (QED) is 0.886. The number of nitrogens with one attached hydrogen (secondary N) is 1. The first kappa shape index (κ1) is 13.3. The minimum atomic E-state index is 0.491. The first-order valence-corrected chi connectivity index (χ1v) is 7.11. The number of piperidine rings is 1. The second kappa shape index (κ2) is 6.19. The van der Waals surface area contributed by atoms with Crippen LogP contribution in [0.2, 0.25) is 0 Å². The second-order valence-electron chi connectivity index (χ2n) is 5.49. The Bertz CT molecular complexity index is 381. The normalized spacial score (nSPS) is 16.3. The molecular weight excluding hydrogens is 222 g/mol. The van der Waals surface area contributed by atoms with Gasteiger partial charge in [-0.15, -0.1) is 0 Å². The molecule has 1 fully saturated rings. The van der Waals surface area contributed by atoms with Gasteiger partial charge in [-0.2, -0.15) is 0 Å². The van der Waals surface area contributed by atoms with Crippen molar-refractivity contribution in [3.05, 3.63) is 23.4 Å². The molecule has 0 radical (unpaired) electrons. The fraction of sp³-hybridized carbons (Fsp3) is 0.667. The molecule has 0 aliphatic carbocycles. The van der Waals surface area contributed by atoms with Crippen LogP contribution in [0.15, 0.2) is 12.1 Å². The highest BCUT2D eigenvalue weighted by Gasteiger charge is 2.14. The predicted molar refractivity (Wildman–Crippen MR) is 77.2 cm³/mol. The van der Waals surface area contributed by atoms with Gasteiger partial charge in [0, 0.05) is 25.3 Å². The van der Waals surface area contributed by atoms with E-state index in [1.807, 2.05) is 7.05 Å². The van der Waals surface area contributed by atoms with Crippen molar-refractivity contribution in [2.24, 2.45) is 0 Å². The molecule has 1 aliphatic heterocycles. The number of rotatable bonds is 4. The maximum Gasteiger partial charge on any atom is 0.129 e. The second-order valence-corrected chi connectivity index (χ2v) is 5.49. The van der Waals surface area contributed by atoms with Gasteiger partial charge in [0.05, 0.1) is 0 Å². The van der Waals surface area contributed by atoms with Gasteiger partial charge in [0.2, 0.25) is 0 Å². The zero-order valence-corrected chi connectivity index (χ0v) is 11.9. The number of hydrogen-bond donors (Lipinski definition) is 1. The fourth-order valence-corrected chi connectivity index (χ4v) is 2.48. The Kier molecular flexibility index (Phi) is 4.59. The van der Waals surface area contributed by atoms with E-state index >= 15 is 0 Å². The lowest BCUT2D eigenvalue weighted by molar-refractivity contribution is 0.571. The van der Waals surface area contributed by atoms with E-state index in [0.29, 0.717) is 5.92 Å². The minimum Gasteiger partial charge on any atom is -0.357 e. The first-order valence-electron chi connectivity index (χ1n) is 7.11. The van der Waals surface area contributed by atoms with Crippen LogP contribution in [-0.2, 0) is 6.54 Å². The standard InChI is InChI=1S/C15H25N3/c1-12(2)14-9-13(11-16-3)10-15(17-14)18-7-5-4-6-8-18/h9-10,12,16H,4-8,11H2,1-3H3. The zero-order valence-electron chi connectivity index (χ0n) is 11.9. The molecule has 0 aromatic carbocycles. The monoisotopic (exact) mass is 247 g/mol. The van der Waals surface area contributed by atoms with Crippen LogP contribution in [0.1, 0.15) is 50.3 Å². The van der Waals surface area contributed by atoms with Crippen molar-refractivity contribution in [3.8, 4) is 0 Å². The van der Waals surface area contributed by atoms with Gasteiger partial charge in [0.25, 0.3) is 0 Å². The largest absolute Gasteiger partial charge is 0.357 e. The summed E-state index contributed by atoms with van der Waals surface area (Å²) < 4.78 is 0. The Labute approximate surface area is 111 Å². The Morgan fingerprint density at radius 3 is 2.56 bits per heavy atom. The molecule has 3 heteroatoms. The summed E-state index contributed by atoms with van der Waals surface area (Å²) in [7, 11) is 2.00. The van der Waals surface area contributed by atoms with Gasteiger partial charge in [-0.1, -0.05) is 13.8 Å². The van der Waals surface area contributed by atoms with Crippen molar-refractivity contribution in [2.45, 2.75) is 45.6 Å². The van der Waals surface area contributed by atoms with Gasteiger partial charge in [-0.25, -0.2) is 4.98 Å². The van der Waals surface area contributed by atoms with Crippen LogP contribution in [0, 0.1) is 0 Å². The molecule has 3 nitrogen and oxygen atoms in total. The molecule has 1 N–H and O–H groups in total. The highest BCUT2D eigenvalue weighted by Crippen LogP contribution is 2.23. The maximum atomic E-state index is 4.84. The van der Waals surface area contributed by atoms with Crippen molar-refractivity contribution in [2.75, 3.05) is 25.0 Å². The van der Waals surface area contributed by atoms with E-state index in [2.05, 4.69) is 36.2 Å². The predicted octanol–water partition coefficient (Wildman–Crippen LogP) is 2.91. The third-order valence-electron chi connectivity index (χ3n) is 3.54. The lowest BCUT2D eigenvalue weighted by Crippen LogP contribution is -2.30. The molecule has 0 unspecified atom stereocenters. The summed E-state index contributed by atoms with van der Waals surface area (Å²) in [5, 5.41) is 3.23. The molecule has 2 rings (SSSR count). The van der Waals surface area contributed by atoms with Gasteiger partial charge in [0.1, 0.15) is 5.82 Å². The van der Waals surface area contributed by atoms with Crippen molar-refractivity contribution >= 4 is 5.82 Å². The lowest BCUT2D eigenvalue weighted by atomic mass is 10.1. The van der Waals surface area contributed by atoms with Gasteiger partial charge >= 0.3 is 0 Å². The summed E-state index contributed by atoms with van der Waals surface area (Å²) in [5.41, 5.74) is 2.56. The number of anilines is 1. The molecule has 1 aromatic rings. The number of pyridine rings is 1. The third-order valence-corrected chi connectivity index (χ3v) is 3.54. The SMILES string of the molecule is CNCc1cc(C(C)C)nc(N2CCCCC2)c1. The van der Waals surface area contributed by atoms with Crippen molar-refractivity contribution in [1.82, 2.24) is 10.3 Å². The average molecular weight is 247 g/mol. The first-order chi connectivity index (χ1) is 8.70. The van der Waals surface area contributed by atoms with Crippen molar-refractivity contribution in [3.63, 3.8) is 0 Å². The van der Waals surface area contributed by atoms with Gasteiger partial charge < -0.3 is 10.2 Å². The molecule has 2 heterocycles. The molecule has 18 heavy (non-hydrogen) atoms. The fourth-order valence-electron chi connectivity index (χ4n) is 2.48. The van der Waals surface area contributed by atoms with E-state index in [1.54, 1.807) is 0 Å². The Morgan fingerprint density at radius 2 is 1.94 bits per heavy atom. The third kappa shape index (κ3) is 3.22. The van der Waals surface area contributed by atoms with Crippen molar-refractivity contribution in [1.29, 1.82) is 0 Å². The van der Waals surface area contributed by atoms with Crippen LogP contribution in [0.3, 0.4) is 0 Å². The number of hydrogen-bond acceptors (Lipinski definition) is 3. The number of nitrogens with zero attached hydrogens (tertiary/aromatic N) is 2. The van der Waals surface area contributed by atoms with E-state index in [4.69, 9.17) is 4.98 Å². The molecule has 1 aromatic heterocycles. The summed E-state index contributed by atoms with van der Waals surface area (Å²) in [6.45, 7) is 7.67. The highest BCUT2D eigenvalue weighted by molar-refractivity contribution is 5.43. The molecule has 0 spiro atoms. The van der Waals surface area contributed by atoms with Gasteiger partial charge in [-0.05, 0) is 49.9 Å². The molecule has 0 saturated carbocycles. The van der Waals surface area contributed by atoms with Crippen LogP contribution < -0.4 is 10.2 Å². The van der Waals surface area contributed by atoms with E-state index in [9.17, 15) is 0 Å². The molecule has 0 amide bonds. The van der Waals surface area contributed by atoms with Crippen LogP contribution in [0.25, 0.3) is 0 Å². The minimum absolute atomic E-state index is 0.491. The summed E-state index contributed by atoms with van der Waals surface area (Å²) in [5.74, 6) is 1.66. The van der Waals surface area contributed by atoms with Crippen LogP contribution in [0.5, 0.6) is 0 Å². The lowest BCUT2D eigenvalue weighted by Gasteiger charge is -2.28. The van der Waals surface area contributed by atoms with E-state index < -0.39 is 0 Å². The van der Waals surface area contributed by atoms with Crippen LogP contribution >= 0.6 is 0 Å². The molecule has 1 aliphatic rings. The van der Waals surface area contributed by atoms with Crippen LogP contribution in [-0.4, -0.2) is 25.1 Å².